The van der Waals surface area contributed by atoms with Crippen molar-refractivity contribution in [2.75, 3.05) is 6.61 Å². The molecule has 0 radical (unpaired) electrons. The first-order valence-corrected chi connectivity index (χ1v) is 9.15. The Morgan fingerprint density at radius 2 is 1.31 bits per heavy atom. The van der Waals surface area contributed by atoms with E-state index in [9.17, 15) is 9.59 Å². The van der Waals surface area contributed by atoms with Crippen molar-refractivity contribution in [2.45, 2.75) is 32.9 Å². The normalized spacial score (nSPS) is 25.8. The summed E-state index contributed by atoms with van der Waals surface area (Å²) in [6.45, 7) is 5.91. The number of ether oxygens (including phenoxy) is 1. The summed E-state index contributed by atoms with van der Waals surface area (Å²) in [5.74, 6) is -0.415. The Hall–Kier alpha value is -2.62. The van der Waals surface area contributed by atoms with E-state index in [-0.39, 0.29) is 35.8 Å². The van der Waals surface area contributed by atoms with E-state index < -0.39 is 0 Å². The molecule has 0 saturated carbocycles. The highest BCUT2D eigenvalue weighted by Gasteiger charge is 2.48. The highest BCUT2D eigenvalue weighted by Crippen LogP contribution is 2.46. The Balaban J connectivity index is 2.14. The summed E-state index contributed by atoms with van der Waals surface area (Å²) >= 11 is 0. The average Bonchev–Trinajstić information content (AvgIpc) is 2.67. The number of rotatable bonds is 3. The molecule has 0 aromatic heterocycles. The third-order valence-corrected chi connectivity index (χ3v) is 5.20. The van der Waals surface area contributed by atoms with E-state index in [2.05, 4.69) is 0 Å². The summed E-state index contributed by atoms with van der Waals surface area (Å²) in [6, 6.07) is 18.8. The maximum atomic E-state index is 13.0. The predicted molar refractivity (Wildman–Crippen MR) is 101 cm³/mol. The Bertz CT molecular complexity index is 704. The van der Waals surface area contributed by atoms with Gasteiger partial charge in [0.1, 0.15) is 5.78 Å². The Kier molecular flexibility index (Phi) is 5.40. The molecule has 1 aliphatic heterocycles. The molecule has 1 aliphatic rings. The number of hydrogen-bond donors (Lipinski definition) is 0. The van der Waals surface area contributed by atoms with Crippen LogP contribution >= 0.6 is 0 Å². The molecule has 0 N–H and O–H groups in total. The van der Waals surface area contributed by atoms with Crippen LogP contribution in [0.5, 0.6) is 0 Å². The van der Waals surface area contributed by atoms with Crippen LogP contribution in [-0.2, 0) is 9.53 Å². The molecule has 1 saturated heterocycles. The summed E-state index contributed by atoms with van der Waals surface area (Å²) in [5, 5.41) is 0. The number of nitrogens with zero attached hydrogens (tertiary/aromatic N) is 1. The van der Waals surface area contributed by atoms with Crippen LogP contribution in [0, 0.1) is 11.8 Å². The minimum absolute atomic E-state index is 0.174. The van der Waals surface area contributed by atoms with E-state index in [1.165, 1.54) is 0 Å². The fourth-order valence-corrected chi connectivity index (χ4v) is 4.00. The van der Waals surface area contributed by atoms with E-state index in [1.54, 1.807) is 11.8 Å². The molecule has 2 aromatic carbocycles. The Labute approximate surface area is 154 Å². The van der Waals surface area contributed by atoms with Gasteiger partial charge >= 0.3 is 6.09 Å². The molecule has 1 amide bonds. The maximum absolute atomic E-state index is 13.0. The molecule has 26 heavy (non-hydrogen) atoms. The van der Waals surface area contributed by atoms with Crippen LogP contribution in [0.15, 0.2) is 60.7 Å². The van der Waals surface area contributed by atoms with Gasteiger partial charge in [-0.2, -0.15) is 0 Å². The predicted octanol–water partition coefficient (Wildman–Crippen LogP) is 4.78. The lowest BCUT2D eigenvalue weighted by atomic mass is 9.74. The van der Waals surface area contributed by atoms with Crippen molar-refractivity contribution < 1.29 is 14.3 Å². The number of benzene rings is 2. The fraction of sp³-hybridized carbons (Fsp3) is 0.364. The Morgan fingerprint density at radius 1 is 0.885 bits per heavy atom. The van der Waals surface area contributed by atoms with Crippen molar-refractivity contribution in [3.05, 3.63) is 71.8 Å². The molecular weight excluding hydrogens is 326 g/mol. The standard InChI is InChI=1S/C22H25NO3/c1-4-26-22(25)23-19(17-11-7-5-8-12-17)15(2)21(24)16(3)20(23)18-13-9-6-10-14-18/h5-16,19-20H,4H2,1-3H3/t15-,16-,19-,20+/m0/s1. The van der Waals surface area contributed by atoms with Crippen LogP contribution in [0.3, 0.4) is 0 Å². The lowest BCUT2D eigenvalue weighted by Crippen LogP contribution is -2.51. The van der Waals surface area contributed by atoms with Gasteiger partial charge in [0, 0.05) is 11.8 Å². The third kappa shape index (κ3) is 3.24. The van der Waals surface area contributed by atoms with Gasteiger partial charge in [-0.25, -0.2) is 4.79 Å². The molecule has 4 atom stereocenters. The molecule has 0 unspecified atom stereocenters. The van der Waals surface area contributed by atoms with Crippen LogP contribution in [0.2, 0.25) is 0 Å². The first-order valence-electron chi connectivity index (χ1n) is 9.15. The van der Waals surface area contributed by atoms with Crippen molar-refractivity contribution in [2.24, 2.45) is 11.8 Å². The minimum atomic E-state index is -0.374. The number of ketones is 1. The van der Waals surface area contributed by atoms with E-state index in [0.717, 1.165) is 11.1 Å². The van der Waals surface area contributed by atoms with Gasteiger partial charge in [-0.3, -0.25) is 9.69 Å². The minimum Gasteiger partial charge on any atom is -0.450 e. The third-order valence-electron chi connectivity index (χ3n) is 5.20. The highest BCUT2D eigenvalue weighted by atomic mass is 16.6. The van der Waals surface area contributed by atoms with E-state index in [4.69, 9.17) is 4.74 Å². The number of hydrogen-bond acceptors (Lipinski definition) is 3. The number of Topliss-reactive ketones (excluding diaryl/α,β-unsaturated/α-hetero) is 1. The van der Waals surface area contributed by atoms with Crippen molar-refractivity contribution in [3.63, 3.8) is 0 Å². The molecule has 4 heteroatoms. The van der Waals surface area contributed by atoms with Gasteiger partial charge in [0.05, 0.1) is 18.7 Å². The highest BCUT2D eigenvalue weighted by molar-refractivity contribution is 5.87. The van der Waals surface area contributed by atoms with Crippen LogP contribution in [0.25, 0.3) is 0 Å². The van der Waals surface area contributed by atoms with Crippen LogP contribution < -0.4 is 0 Å². The summed E-state index contributed by atoms with van der Waals surface area (Å²) < 4.78 is 5.39. The summed E-state index contributed by atoms with van der Waals surface area (Å²) in [7, 11) is 0. The smallest absolute Gasteiger partial charge is 0.410 e. The van der Waals surface area contributed by atoms with Gasteiger partial charge in [0.15, 0.2) is 0 Å². The van der Waals surface area contributed by atoms with Gasteiger partial charge < -0.3 is 4.74 Å². The molecule has 0 spiro atoms. The molecule has 1 heterocycles. The number of carbonyl (C=O) groups is 2. The maximum Gasteiger partial charge on any atom is 0.410 e. The van der Waals surface area contributed by atoms with Crippen molar-refractivity contribution in [1.29, 1.82) is 0 Å². The molecule has 136 valence electrons. The first-order chi connectivity index (χ1) is 12.6. The Morgan fingerprint density at radius 3 is 1.69 bits per heavy atom. The van der Waals surface area contributed by atoms with Crippen molar-refractivity contribution in [1.82, 2.24) is 4.90 Å². The second-order valence-electron chi connectivity index (χ2n) is 6.80. The molecule has 3 rings (SSSR count). The molecule has 0 aliphatic carbocycles. The molecular formula is C22H25NO3. The van der Waals surface area contributed by atoms with Gasteiger partial charge in [0.25, 0.3) is 0 Å². The van der Waals surface area contributed by atoms with Gasteiger partial charge in [0.2, 0.25) is 0 Å². The van der Waals surface area contributed by atoms with Crippen LogP contribution in [0.4, 0.5) is 4.79 Å². The fourth-order valence-electron chi connectivity index (χ4n) is 4.00. The largest absolute Gasteiger partial charge is 0.450 e. The number of carbonyl (C=O) groups excluding carboxylic acids is 2. The number of likely N-dealkylation sites (tertiary alicyclic amines) is 1. The second-order valence-corrected chi connectivity index (χ2v) is 6.80. The summed E-state index contributed by atoms with van der Waals surface area (Å²) in [4.78, 5) is 27.8. The topological polar surface area (TPSA) is 46.6 Å². The van der Waals surface area contributed by atoms with Gasteiger partial charge in [-0.15, -0.1) is 0 Å². The molecule has 0 bridgehead atoms. The molecule has 1 fully saturated rings. The SMILES string of the molecule is CCOC(=O)N1[C@H](c2ccccc2)[C@H](C)C(=O)[C@@H](C)[C@@H]1c1ccccc1. The first kappa shape index (κ1) is 18.2. The van der Waals surface area contributed by atoms with Gasteiger partial charge in [-0.1, -0.05) is 74.5 Å². The van der Waals surface area contributed by atoms with Crippen molar-refractivity contribution in [3.8, 4) is 0 Å². The van der Waals surface area contributed by atoms with Crippen LogP contribution in [0.1, 0.15) is 44.0 Å². The summed E-state index contributed by atoms with van der Waals surface area (Å²) in [5.41, 5.74) is 1.91. The molecule has 2 aromatic rings. The quantitative estimate of drug-likeness (QED) is 0.799. The van der Waals surface area contributed by atoms with Gasteiger partial charge in [-0.05, 0) is 18.1 Å². The van der Waals surface area contributed by atoms with E-state index >= 15 is 0 Å². The number of piperidine rings is 1. The zero-order valence-corrected chi connectivity index (χ0v) is 15.5. The second kappa shape index (κ2) is 7.73. The molecule has 4 nitrogen and oxygen atoms in total. The van der Waals surface area contributed by atoms with Crippen LogP contribution in [-0.4, -0.2) is 23.4 Å². The number of amides is 1. The van der Waals surface area contributed by atoms with Crippen molar-refractivity contribution >= 4 is 11.9 Å². The summed E-state index contributed by atoms with van der Waals surface area (Å²) in [6.07, 6.45) is -0.374. The lowest BCUT2D eigenvalue weighted by molar-refractivity contribution is -0.136. The van der Waals surface area contributed by atoms with E-state index in [1.807, 2.05) is 74.5 Å². The lowest BCUT2D eigenvalue weighted by Gasteiger charge is -2.47. The zero-order chi connectivity index (χ0) is 18.7. The van der Waals surface area contributed by atoms with E-state index in [0.29, 0.717) is 6.61 Å². The average molecular weight is 351 g/mol. The monoisotopic (exact) mass is 351 g/mol. The zero-order valence-electron chi connectivity index (χ0n) is 15.5.